The van der Waals surface area contributed by atoms with Crippen LogP contribution >= 0.6 is 0 Å². The molecule has 0 fully saturated rings. The summed E-state index contributed by atoms with van der Waals surface area (Å²) in [6.07, 6.45) is 7.01. The first-order valence-corrected chi connectivity index (χ1v) is 6.55. The standard InChI is InChI=1S/C14H25N3/c1-4-6-17-12(3)8-11(2)9-13-10-16-7-5-14(13)15/h5,7,10-12,17H,4,6,8-9H2,1-3H3,(H2,15,16). The number of rotatable bonds is 7. The Morgan fingerprint density at radius 2 is 2.18 bits per heavy atom. The van der Waals surface area contributed by atoms with Gasteiger partial charge in [0.1, 0.15) is 0 Å². The molecule has 96 valence electrons. The topological polar surface area (TPSA) is 50.9 Å². The quantitative estimate of drug-likeness (QED) is 0.764. The molecule has 3 nitrogen and oxygen atoms in total. The van der Waals surface area contributed by atoms with Gasteiger partial charge in [0.15, 0.2) is 0 Å². The van der Waals surface area contributed by atoms with Crippen LogP contribution in [0.1, 0.15) is 39.2 Å². The SMILES string of the molecule is CCCNC(C)CC(C)Cc1cnccc1N. The van der Waals surface area contributed by atoms with Crippen LogP contribution in [0, 0.1) is 5.92 Å². The van der Waals surface area contributed by atoms with E-state index in [9.17, 15) is 0 Å². The van der Waals surface area contributed by atoms with Crippen LogP contribution in [0.15, 0.2) is 18.5 Å². The Labute approximate surface area is 105 Å². The predicted octanol–water partition coefficient (Wildman–Crippen LogP) is 2.62. The lowest BCUT2D eigenvalue weighted by molar-refractivity contribution is 0.420. The summed E-state index contributed by atoms with van der Waals surface area (Å²) in [7, 11) is 0. The summed E-state index contributed by atoms with van der Waals surface area (Å²) < 4.78 is 0. The minimum absolute atomic E-state index is 0.572. The van der Waals surface area contributed by atoms with Crippen LogP contribution in [-0.4, -0.2) is 17.6 Å². The van der Waals surface area contributed by atoms with E-state index >= 15 is 0 Å². The lowest BCUT2D eigenvalue weighted by atomic mass is 9.95. The molecule has 3 heteroatoms. The van der Waals surface area contributed by atoms with E-state index in [0.717, 1.165) is 18.7 Å². The van der Waals surface area contributed by atoms with Gasteiger partial charge in [-0.3, -0.25) is 4.98 Å². The molecule has 2 atom stereocenters. The summed E-state index contributed by atoms with van der Waals surface area (Å²) in [6, 6.07) is 2.45. The molecule has 0 amide bonds. The molecule has 0 aliphatic rings. The van der Waals surface area contributed by atoms with Gasteiger partial charge < -0.3 is 11.1 Å². The van der Waals surface area contributed by atoms with Gasteiger partial charge in [0.2, 0.25) is 0 Å². The normalized spacial score (nSPS) is 14.5. The Bertz CT molecular complexity index is 325. The summed E-state index contributed by atoms with van der Waals surface area (Å²) in [5, 5.41) is 3.52. The number of pyridine rings is 1. The van der Waals surface area contributed by atoms with Crippen LogP contribution in [0.4, 0.5) is 5.69 Å². The first-order valence-electron chi connectivity index (χ1n) is 6.55. The number of hydrogen-bond donors (Lipinski definition) is 2. The highest BCUT2D eigenvalue weighted by Gasteiger charge is 2.10. The molecule has 2 unspecified atom stereocenters. The fourth-order valence-corrected chi connectivity index (χ4v) is 2.14. The third kappa shape index (κ3) is 5.18. The van der Waals surface area contributed by atoms with Gasteiger partial charge in [0.05, 0.1) is 0 Å². The van der Waals surface area contributed by atoms with Crippen molar-refractivity contribution in [2.24, 2.45) is 5.92 Å². The molecule has 0 aromatic carbocycles. The zero-order chi connectivity index (χ0) is 12.7. The average Bonchev–Trinajstić information content (AvgIpc) is 2.29. The molecule has 0 saturated heterocycles. The summed E-state index contributed by atoms with van der Waals surface area (Å²) in [6.45, 7) is 7.82. The van der Waals surface area contributed by atoms with Crippen molar-refractivity contribution in [3.63, 3.8) is 0 Å². The highest BCUT2D eigenvalue weighted by Crippen LogP contribution is 2.17. The van der Waals surface area contributed by atoms with Crippen LogP contribution in [0.2, 0.25) is 0 Å². The van der Waals surface area contributed by atoms with Crippen molar-refractivity contribution in [1.82, 2.24) is 10.3 Å². The van der Waals surface area contributed by atoms with Gasteiger partial charge in [-0.15, -0.1) is 0 Å². The maximum absolute atomic E-state index is 5.92. The molecule has 0 spiro atoms. The van der Waals surface area contributed by atoms with Crippen LogP contribution < -0.4 is 11.1 Å². The second kappa shape index (κ2) is 7.28. The van der Waals surface area contributed by atoms with Crippen molar-refractivity contribution in [1.29, 1.82) is 0 Å². The summed E-state index contributed by atoms with van der Waals surface area (Å²) in [5.74, 6) is 0.626. The molecule has 1 aromatic rings. The number of nitrogen functional groups attached to an aromatic ring is 1. The molecular formula is C14H25N3. The summed E-state index contributed by atoms with van der Waals surface area (Å²) in [5.41, 5.74) is 7.96. The lowest BCUT2D eigenvalue weighted by Crippen LogP contribution is -2.28. The van der Waals surface area contributed by atoms with Gasteiger partial charge in [-0.2, -0.15) is 0 Å². The highest BCUT2D eigenvalue weighted by molar-refractivity contribution is 5.44. The zero-order valence-electron chi connectivity index (χ0n) is 11.2. The third-order valence-electron chi connectivity index (χ3n) is 3.01. The molecule has 0 saturated carbocycles. The van der Waals surface area contributed by atoms with Gasteiger partial charge in [-0.25, -0.2) is 0 Å². The molecule has 3 N–H and O–H groups in total. The fraction of sp³-hybridized carbons (Fsp3) is 0.643. The van der Waals surface area contributed by atoms with E-state index in [2.05, 4.69) is 31.1 Å². The maximum Gasteiger partial charge on any atom is 0.0377 e. The Kier molecular flexibility index (Phi) is 5.98. The van der Waals surface area contributed by atoms with E-state index in [1.54, 1.807) is 6.20 Å². The molecule has 0 aliphatic carbocycles. The Balaban J connectivity index is 2.39. The summed E-state index contributed by atoms with van der Waals surface area (Å²) in [4.78, 5) is 4.13. The molecule has 0 aliphatic heterocycles. The highest BCUT2D eigenvalue weighted by atomic mass is 14.9. The second-order valence-corrected chi connectivity index (χ2v) is 4.97. The van der Waals surface area contributed by atoms with Crippen LogP contribution in [0.5, 0.6) is 0 Å². The minimum atomic E-state index is 0.572. The molecule has 0 bridgehead atoms. The van der Waals surface area contributed by atoms with Crippen molar-refractivity contribution in [2.45, 2.75) is 46.1 Å². The molecular weight excluding hydrogens is 210 g/mol. The number of nitrogens with zero attached hydrogens (tertiary/aromatic N) is 1. The van der Waals surface area contributed by atoms with Gasteiger partial charge >= 0.3 is 0 Å². The van der Waals surface area contributed by atoms with Crippen LogP contribution in [0.25, 0.3) is 0 Å². The Morgan fingerprint density at radius 3 is 2.82 bits per heavy atom. The first-order chi connectivity index (χ1) is 8.13. The predicted molar refractivity (Wildman–Crippen MR) is 73.9 cm³/mol. The smallest absolute Gasteiger partial charge is 0.0377 e. The molecule has 0 radical (unpaired) electrons. The molecule has 1 aromatic heterocycles. The van der Waals surface area contributed by atoms with E-state index in [-0.39, 0.29) is 0 Å². The van der Waals surface area contributed by atoms with Crippen LogP contribution in [0.3, 0.4) is 0 Å². The average molecular weight is 235 g/mol. The largest absolute Gasteiger partial charge is 0.398 e. The third-order valence-corrected chi connectivity index (χ3v) is 3.01. The van der Waals surface area contributed by atoms with Crippen molar-refractivity contribution in [3.05, 3.63) is 24.0 Å². The Morgan fingerprint density at radius 1 is 1.41 bits per heavy atom. The fourth-order valence-electron chi connectivity index (χ4n) is 2.14. The van der Waals surface area contributed by atoms with Crippen molar-refractivity contribution >= 4 is 5.69 Å². The monoisotopic (exact) mass is 235 g/mol. The van der Waals surface area contributed by atoms with Gasteiger partial charge in [0.25, 0.3) is 0 Å². The van der Waals surface area contributed by atoms with Crippen molar-refractivity contribution < 1.29 is 0 Å². The first kappa shape index (κ1) is 14.0. The van der Waals surface area contributed by atoms with Gasteiger partial charge in [-0.1, -0.05) is 13.8 Å². The van der Waals surface area contributed by atoms with E-state index in [4.69, 9.17) is 5.73 Å². The molecule has 1 rings (SSSR count). The summed E-state index contributed by atoms with van der Waals surface area (Å²) >= 11 is 0. The second-order valence-electron chi connectivity index (χ2n) is 4.97. The Hall–Kier alpha value is -1.09. The lowest BCUT2D eigenvalue weighted by Gasteiger charge is -2.18. The number of aromatic nitrogens is 1. The molecule has 1 heterocycles. The maximum atomic E-state index is 5.92. The zero-order valence-corrected chi connectivity index (χ0v) is 11.2. The van der Waals surface area contributed by atoms with E-state index in [1.807, 2.05) is 12.3 Å². The number of hydrogen-bond acceptors (Lipinski definition) is 3. The van der Waals surface area contributed by atoms with Crippen LogP contribution in [-0.2, 0) is 6.42 Å². The van der Waals surface area contributed by atoms with Gasteiger partial charge in [-0.05, 0) is 50.3 Å². The molecule has 17 heavy (non-hydrogen) atoms. The number of nitrogens with two attached hydrogens (primary N) is 1. The van der Waals surface area contributed by atoms with Crippen molar-refractivity contribution in [3.8, 4) is 0 Å². The van der Waals surface area contributed by atoms with Gasteiger partial charge in [0, 0.05) is 24.1 Å². The minimum Gasteiger partial charge on any atom is -0.398 e. The number of nitrogens with one attached hydrogen (secondary N) is 1. The van der Waals surface area contributed by atoms with Crippen molar-refractivity contribution in [2.75, 3.05) is 12.3 Å². The van der Waals surface area contributed by atoms with E-state index < -0.39 is 0 Å². The van der Waals surface area contributed by atoms with E-state index in [0.29, 0.717) is 12.0 Å². The van der Waals surface area contributed by atoms with E-state index in [1.165, 1.54) is 18.4 Å². The number of anilines is 1.